The Hall–Kier alpha value is -2.47. The van der Waals surface area contributed by atoms with Gasteiger partial charge in [-0.3, -0.25) is 10.2 Å². The van der Waals surface area contributed by atoms with Crippen LogP contribution in [0.1, 0.15) is 10.4 Å². The number of hydrogen-bond donors (Lipinski definition) is 2. The minimum Gasteiger partial charge on any atom is -0.362 e. The quantitative estimate of drug-likeness (QED) is 0.483. The number of nitrogens with zero attached hydrogens (tertiary/aromatic N) is 3. The molecule has 0 saturated carbocycles. The fourth-order valence-corrected chi connectivity index (χ4v) is 1.68. The first-order valence-electron chi connectivity index (χ1n) is 5.74. The zero-order chi connectivity index (χ0) is 13.8. The van der Waals surface area contributed by atoms with Crippen molar-refractivity contribution in [2.45, 2.75) is 0 Å². The molecule has 1 heterocycles. The average molecular weight is 257 g/mol. The van der Waals surface area contributed by atoms with Gasteiger partial charge in [-0.05, 0) is 0 Å². The van der Waals surface area contributed by atoms with Gasteiger partial charge in [0, 0.05) is 25.9 Å². The van der Waals surface area contributed by atoms with Gasteiger partial charge < -0.3 is 4.90 Å². The van der Waals surface area contributed by atoms with Gasteiger partial charge in [-0.15, -0.1) is 0 Å². The van der Waals surface area contributed by atoms with E-state index >= 15 is 0 Å². The molecular formula is C13H15N5O. The minimum absolute atomic E-state index is 0.340. The molecule has 98 valence electrons. The van der Waals surface area contributed by atoms with Crippen molar-refractivity contribution in [3.63, 3.8) is 0 Å². The number of hydrogen-bond acceptors (Lipinski definition) is 5. The zero-order valence-electron chi connectivity index (χ0n) is 10.8. The highest BCUT2D eigenvalue weighted by Crippen LogP contribution is 2.20. The van der Waals surface area contributed by atoms with Crippen LogP contribution in [0.2, 0.25) is 0 Å². The Balaban J connectivity index is 2.51. The number of carbonyl (C=O) groups excluding carboxylic acids is 1. The molecule has 0 bridgehead atoms. The molecule has 0 aliphatic rings. The summed E-state index contributed by atoms with van der Waals surface area (Å²) in [4.78, 5) is 22.0. The molecule has 0 unspecified atom stereocenters. The molecule has 1 aromatic carbocycles. The van der Waals surface area contributed by atoms with E-state index in [4.69, 9.17) is 5.84 Å². The van der Waals surface area contributed by atoms with Crippen LogP contribution in [0.5, 0.6) is 0 Å². The molecule has 2 aromatic rings. The molecule has 1 amide bonds. The van der Waals surface area contributed by atoms with E-state index in [0.717, 1.165) is 5.56 Å². The van der Waals surface area contributed by atoms with E-state index in [1.165, 1.54) is 6.20 Å². The second-order valence-electron chi connectivity index (χ2n) is 4.16. The van der Waals surface area contributed by atoms with Crippen LogP contribution in [0.3, 0.4) is 0 Å². The maximum Gasteiger partial charge on any atom is 0.270 e. The third kappa shape index (κ3) is 2.69. The topological polar surface area (TPSA) is 84.1 Å². The summed E-state index contributed by atoms with van der Waals surface area (Å²) in [5.74, 6) is 5.83. The first kappa shape index (κ1) is 13.0. The van der Waals surface area contributed by atoms with Crippen LogP contribution in [0, 0.1) is 0 Å². The number of nitrogen functional groups attached to an aromatic ring is 1. The predicted molar refractivity (Wildman–Crippen MR) is 73.4 cm³/mol. The Kier molecular flexibility index (Phi) is 3.72. The molecule has 0 atom stereocenters. The smallest absolute Gasteiger partial charge is 0.270 e. The molecule has 0 aliphatic heterocycles. The standard InChI is InChI=1S/C13H15N5O/c1-18(2)12-10(13(19)17-14)8-15-11(16-12)9-6-4-3-5-7-9/h3-8H,14H2,1-2H3,(H,17,19). The number of rotatable bonds is 3. The Morgan fingerprint density at radius 3 is 2.53 bits per heavy atom. The fraction of sp³-hybridized carbons (Fsp3) is 0.154. The zero-order valence-corrected chi connectivity index (χ0v) is 10.8. The van der Waals surface area contributed by atoms with Crippen molar-refractivity contribution in [3.05, 3.63) is 42.1 Å². The lowest BCUT2D eigenvalue weighted by Gasteiger charge is -2.15. The molecule has 3 N–H and O–H groups in total. The molecule has 0 radical (unpaired) electrons. The molecule has 0 saturated heterocycles. The first-order chi connectivity index (χ1) is 9.13. The molecule has 19 heavy (non-hydrogen) atoms. The summed E-state index contributed by atoms with van der Waals surface area (Å²) in [7, 11) is 3.62. The lowest BCUT2D eigenvalue weighted by molar-refractivity contribution is 0.0953. The van der Waals surface area contributed by atoms with Gasteiger partial charge in [-0.1, -0.05) is 30.3 Å². The van der Waals surface area contributed by atoms with Gasteiger partial charge in [-0.25, -0.2) is 15.8 Å². The van der Waals surface area contributed by atoms with E-state index in [0.29, 0.717) is 17.2 Å². The number of amides is 1. The van der Waals surface area contributed by atoms with Gasteiger partial charge in [0.2, 0.25) is 0 Å². The summed E-state index contributed by atoms with van der Waals surface area (Å²) < 4.78 is 0. The number of aromatic nitrogens is 2. The fourth-order valence-electron chi connectivity index (χ4n) is 1.68. The first-order valence-corrected chi connectivity index (χ1v) is 5.74. The summed E-state index contributed by atoms with van der Waals surface area (Å²) in [5.41, 5.74) is 3.32. The van der Waals surface area contributed by atoms with Gasteiger partial charge in [-0.2, -0.15) is 0 Å². The van der Waals surface area contributed by atoms with Crippen molar-refractivity contribution in [2.75, 3.05) is 19.0 Å². The van der Waals surface area contributed by atoms with Crippen molar-refractivity contribution in [1.82, 2.24) is 15.4 Å². The van der Waals surface area contributed by atoms with Crippen LogP contribution in [0.4, 0.5) is 5.82 Å². The van der Waals surface area contributed by atoms with Crippen LogP contribution in [-0.4, -0.2) is 30.0 Å². The average Bonchev–Trinajstić information content (AvgIpc) is 2.46. The Bertz CT molecular complexity index is 583. The summed E-state index contributed by atoms with van der Waals surface area (Å²) in [6, 6.07) is 9.57. The lowest BCUT2D eigenvalue weighted by Crippen LogP contribution is -2.32. The molecular weight excluding hydrogens is 242 g/mol. The van der Waals surface area contributed by atoms with E-state index in [-0.39, 0.29) is 0 Å². The molecule has 6 nitrogen and oxygen atoms in total. The Morgan fingerprint density at radius 1 is 1.26 bits per heavy atom. The van der Waals surface area contributed by atoms with E-state index in [2.05, 4.69) is 15.4 Å². The summed E-state index contributed by atoms with van der Waals surface area (Å²) in [6.45, 7) is 0. The molecule has 0 spiro atoms. The van der Waals surface area contributed by atoms with Crippen LogP contribution >= 0.6 is 0 Å². The number of benzene rings is 1. The second-order valence-corrected chi connectivity index (χ2v) is 4.16. The van der Waals surface area contributed by atoms with Crippen molar-refractivity contribution in [2.24, 2.45) is 5.84 Å². The Labute approximate surface area is 111 Å². The molecule has 0 fully saturated rings. The normalized spacial score (nSPS) is 10.1. The largest absolute Gasteiger partial charge is 0.362 e. The highest BCUT2D eigenvalue weighted by atomic mass is 16.2. The number of nitrogens with two attached hydrogens (primary N) is 1. The third-order valence-corrected chi connectivity index (χ3v) is 2.60. The van der Waals surface area contributed by atoms with Crippen LogP contribution < -0.4 is 16.2 Å². The highest BCUT2D eigenvalue weighted by Gasteiger charge is 2.15. The predicted octanol–water partition coefficient (Wildman–Crippen LogP) is 0.813. The van der Waals surface area contributed by atoms with Crippen molar-refractivity contribution < 1.29 is 4.79 Å². The summed E-state index contributed by atoms with van der Waals surface area (Å²) in [6.07, 6.45) is 1.48. The van der Waals surface area contributed by atoms with Crippen LogP contribution in [-0.2, 0) is 0 Å². The maximum atomic E-state index is 11.6. The third-order valence-electron chi connectivity index (χ3n) is 2.60. The summed E-state index contributed by atoms with van der Waals surface area (Å²) >= 11 is 0. The number of hydrazine groups is 1. The van der Waals surface area contributed by atoms with Crippen LogP contribution in [0.25, 0.3) is 11.4 Å². The van der Waals surface area contributed by atoms with Crippen molar-refractivity contribution in [3.8, 4) is 11.4 Å². The molecule has 1 aromatic heterocycles. The van der Waals surface area contributed by atoms with Gasteiger partial charge in [0.25, 0.3) is 5.91 Å². The van der Waals surface area contributed by atoms with E-state index < -0.39 is 5.91 Å². The molecule has 6 heteroatoms. The maximum absolute atomic E-state index is 11.6. The Morgan fingerprint density at radius 2 is 1.95 bits per heavy atom. The number of carbonyl (C=O) groups is 1. The monoisotopic (exact) mass is 257 g/mol. The molecule has 2 rings (SSSR count). The van der Waals surface area contributed by atoms with E-state index in [1.807, 2.05) is 44.4 Å². The molecule has 0 aliphatic carbocycles. The van der Waals surface area contributed by atoms with Gasteiger partial charge in [0.05, 0.1) is 0 Å². The van der Waals surface area contributed by atoms with Gasteiger partial charge in [0.1, 0.15) is 11.4 Å². The van der Waals surface area contributed by atoms with Crippen molar-refractivity contribution >= 4 is 11.7 Å². The van der Waals surface area contributed by atoms with Crippen molar-refractivity contribution in [1.29, 1.82) is 0 Å². The second kappa shape index (κ2) is 5.45. The van der Waals surface area contributed by atoms with E-state index in [9.17, 15) is 4.79 Å². The van der Waals surface area contributed by atoms with Crippen LogP contribution in [0.15, 0.2) is 36.5 Å². The van der Waals surface area contributed by atoms with Gasteiger partial charge in [0.15, 0.2) is 5.82 Å². The lowest BCUT2D eigenvalue weighted by atomic mass is 10.2. The number of anilines is 1. The number of nitrogens with one attached hydrogen (secondary N) is 1. The summed E-state index contributed by atoms with van der Waals surface area (Å²) in [5, 5.41) is 0. The SMILES string of the molecule is CN(C)c1nc(-c2ccccc2)ncc1C(=O)NN. The highest BCUT2D eigenvalue weighted by molar-refractivity contribution is 5.98. The van der Waals surface area contributed by atoms with E-state index in [1.54, 1.807) is 4.90 Å². The minimum atomic E-state index is -0.414. The van der Waals surface area contributed by atoms with Gasteiger partial charge >= 0.3 is 0 Å².